The van der Waals surface area contributed by atoms with Crippen molar-refractivity contribution >= 4 is 11.6 Å². The zero-order valence-corrected chi connectivity index (χ0v) is 17.8. The molecule has 2 aliphatic heterocycles. The molecular formula is C24H26N4O3. The number of ether oxygens (including phenoxy) is 2. The van der Waals surface area contributed by atoms with E-state index in [0.717, 1.165) is 46.8 Å². The highest BCUT2D eigenvalue weighted by molar-refractivity contribution is 6.01. The highest BCUT2D eigenvalue weighted by Gasteiger charge is 2.34. The van der Waals surface area contributed by atoms with Crippen LogP contribution in [0.4, 0.5) is 5.69 Å². The molecule has 7 heteroatoms. The van der Waals surface area contributed by atoms with Gasteiger partial charge in [-0.15, -0.1) is 0 Å². The smallest absolute Gasteiger partial charge is 0.257 e. The lowest BCUT2D eigenvalue weighted by atomic mass is 10.0. The molecule has 0 fully saturated rings. The number of rotatable bonds is 4. The van der Waals surface area contributed by atoms with Gasteiger partial charge in [0, 0.05) is 43.0 Å². The van der Waals surface area contributed by atoms with Gasteiger partial charge in [-0.3, -0.25) is 9.48 Å². The summed E-state index contributed by atoms with van der Waals surface area (Å²) in [4.78, 5) is 15.2. The van der Waals surface area contributed by atoms with Crippen molar-refractivity contribution in [2.75, 3.05) is 25.1 Å². The van der Waals surface area contributed by atoms with Gasteiger partial charge in [0.05, 0.1) is 24.5 Å². The number of carbonyl (C=O) groups excluding carboxylic acids is 1. The van der Waals surface area contributed by atoms with Crippen molar-refractivity contribution in [3.05, 3.63) is 59.8 Å². The summed E-state index contributed by atoms with van der Waals surface area (Å²) in [5, 5.41) is 8.32. The second-order valence-corrected chi connectivity index (χ2v) is 7.91. The molecule has 7 nitrogen and oxygen atoms in total. The molecule has 0 radical (unpaired) electrons. The number of benzene rings is 2. The molecule has 1 aromatic heterocycles. The zero-order chi connectivity index (χ0) is 21.4. The average molecular weight is 418 g/mol. The highest BCUT2D eigenvalue weighted by Crippen LogP contribution is 2.39. The number of fused-ring (bicyclic) bond motifs is 2. The summed E-state index contributed by atoms with van der Waals surface area (Å²) in [6.45, 7) is 4.02. The summed E-state index contributed by atoms with van der Waals surface area (Å²) in [5.74, 6) is 1.52. The molecule has 1 N–H and O–H groups in total. The maximum Gasteiger partial charge on any atom is 0.257 e. The van der Waals surface area contributed by atoms with Gasteiger partial charge in [0.1, 0.15) is 6.17 Å². The summed E-state index contributed by atoms with van der Waals surface area (Å²) >= 11 is 0. The highest BCUT2D eigenvalue weighted by atomic mass is 16.5. The van der Waals surface area contributed by atoms with E-state index in [-0.39, 0.29) is 12.1 Å². The van der Waals surface area contributed by atoms with Gasteiger partial charge >= 0.3 is 0 Å². The molecule has 3 aromatic rings. The van der Waals surface area contributed by atoms with E-state index in [4.69, 9.17) is 14.6 Å². The Morgan fingerprint density at radius 2 is 1.94 bits per heavy atom. The van der Waals surface area contributed by atoms with Gasteiger partial charge in [0.2, 0.25) is 0 Å². The maximum atomic E-state index is 13.3. The number of anilines is 1. The molecule has 0 bridgehead atoms. The lowest BCUT2D eigenvalue weighted by Crippen LogP contribution is -2.43. The minimum atomic E-state index is -0.304. The van der Waals surface area contributed by atoms with Crippen LogP contribution in [0.1, 0.15) is 41.9 Å². The number of aryl methyl sites for hydroxylation is 1. The van der Waals surface area contributed by atoms with Gasteiger partial charge in [-0.05, 0) is 36.8 Å². The predicted molar refractivity (Wildman–Crippen MR) is 118 cm³/mol. The van der Waals surface area contributed by atoms with E-state index in [1.165, 1.54) is 0 Å². The Labute approximate surface area is 181 Å². The Bertz CT molecular complexity index is 1120. The number of aromatic nitrogens is 2. The zero-order valence-electron chi connectivity index (χ0n) is 17.8. The fraction of sp³-hybridized carbons (Fsp3) is 0.333. The Balaban J connectivity index is 1.59. The number of nitrogens with zero attached hydrogens (tertiary/aromatic N) is 3. The fourth-order valence-electron chi connectivity index (χ4n) is 4.25. The molecule has 1 unspecified atom stereocenters. The second-order valence-electron chi connectivity index (χ2n) is 7.91. The Hall–Kier alpha value is -3.48. The first-order valence-corrected chi connectivity index (χ1v) is 10.8. The summed E-state index contributed by atoms with van der Waals surface area (Å²) in [6, 6.07) is 13.6. The molecule has 0 aliphatic carbocycles. The Morgan fingerprint density at radius 3 is 2.77 bits per heavy atom. The first-order chi connectivity index (χ1) is 15.2. The van der Waals surface area contributed by atoms with Crippen LogP contribution < -0.4 is 14.8 Å². The SMILES string of the molecule is CCCN1C(=O)c2ccccc2NC1c1cn(C)nc1-c1ccc2c(c1)OCCCO2. The molecule has 0 saturated carbocycles. The van der Waals surface area contributed by atoms with Crippen molar-refractivity contribution in [2.45, 2.75) is 25.9 Å². The van der Waals surface area contributed by atoms with Gasteiger partial charge < -0.3 is 19.7 Å². The van der Waals surface area contributed by atoms with Crippen LogP contribution in [0.5, 0.6) is 11.5 Å². The minimum Gasteiger partial charge on any atom is -0.490 e. The van der Waals surface area contributed by atoms with Crippen LogP contribution >= 0.6 is 0 Å². The first-order valence-electron chi connectivity index (χ1n) is 10.8. The molecule has 2 aromatic carbocycles. The number of para-hydroxylation sites is 1. The van der Waals surface area contributed by atoms with E-state index < -0.39 is 0 Å². The molecule has 5 rings (SSSR count). The van der Waals surface area contributed by atoms with Crippen LogP contribution in [0.3, 0.4) is 0 Å². The van der Waals surface area contributed by atoms with Crippen molar-refractivity contribution in [3.8, 4) is 22.8 Å². The lowest BCUT2D eigenvalue weighted by Gasteiger charge is -2.37. The van der Waals surface area contributed by atoms with Crippen molar-refractivity contribution in [1.29, 1.82) is 0 Å². The largest absolute Gasteiger partial charge is 0.490 e. The van der Waals surface area contributed by atoms with Crippen LogP contribution in [0, 0.1) is 0 Å². The van der Waals surface area contributed by atoms with Gasteiger partial charge in [-0.1, -0.05) is 19.1 Å². The lowest BCUT2D eigenvalue weighted by molar-refractivity contribution is 0.0683. The fourth-order valence-corrected chi connectivity index (χ4v) is 4.25. The monoisotopic (exact) mass is 418 g/mol. The molecule has 3 heterocycles. The molecule has 1 amide bonds. The Morgan fingerprint density at radius 1 is 1.13 bits per heavy atom. The standard InChI is InChI=1S/C24H26N4O3/c1-3-11-28-23(25-19-8-5-4-7-17(19)24(28)29)18-15-27(2)26-22(18)16-9-10-20-21(14-16)31-13-6-12-30-20/h4-5,7-10,14-15,23,25H,3,6,11-13H2,1-2H3. The van der Waals surface area contributed by atoms with E-state index >= 15 is 0 Å². The van der Waals surface area contributed by atoms with Crippen molar-refractivity contribution < 1.29 is 14.3 Å². The van der Waals surface area contributed by atoms with E-state index in [1.54, 1.807) is 4.68 Å². The summed E-state index contributed by atoms with van der Waals surface area (Å²) < 4.78 is 13.5. The summed E-state index contributed by atoms with van der Waals surface area (Å²) in [5.41, 5.74) is 4.26. The number of hydrogen-bond donors (Lipinski definition) is 1. The summed E-state index contributed by atoms with van der Waals surface area (Å²) in [7, 11) is 1.90. The van der Waals surface area contributed by atoms with Crippen LogP contribution in [0.2, 0.25) is 0 Å². The molecule has 31 heavy (non-hydrogen) atoms. The number of nitrogens with one attached hydrogen (secondary N) is 1. The Kier molecular flexibility index (Phi) is 5.02. The van der Waals surface area contributed by atoms with Crippen LogP contribution in [-0.2, 0) is 7.05 Å². The van der Waals surface area contributed by atoms with Gasteiger partial charge in [0.15, 0.2) is 11.5 Å². The van der Waals surface area contributed by atoms with Gasteiger partial charge in [-0.2, -0.15) is 5.10 Å². The van der Waals surface area contributed by atoms with Crippen molar-refractivity contribution in [2.24, 2.45) is 7.05 Å². The molecule has 160 valence electrons. The summed E-state index contributed by atoms with van der Waals surface area (Å²) in [6.07, 6.45) is 3.41. The van der Waals surface area contributed by atoms with Crippen LogP contribution in [-0.4, -0.2) is 40.3 Å². The number of amides is 1. The normalized spacial score (nSPS) is 17.7. The van der Waals surface area contributed by atoms with Crippen molar-refractivity contribution in [3.63, 3.8) is 0 Å². The molecule has 2 aliphatic rings. The average Bonchev–Trinajstić information content (AvgIpc) is 3.01. The molecule has 0 spiro atoms. The van der Waals surface area contributed by atoms with Gasteiger partial charge in [0.25, 0.3) is 5.91 Å². The number of hydrogen-bond acceptors (Lipinski definition) is 5. The molecule has 0 saturated heterocycles. The molecular weight excluding hydrogens is 392 g/mol. The van der Waals surface area contributed by atoms with Crippen LogP contribution in [0.25, 0.3) is 11.3 Å². The quantitative estimate of drug-likeness (QED) is 0.687. The third-order valence-electron chi connectivity index (χ3n) is 5.66. The molecule has 1 atom stereocenters. The topological polar surface area (TPSA) is 68.6 Å². The van der Waals surface area contributed by atoms with E-state index in [2.05, 4.69) is 12.2 Å². The van der Waals surface area contributed by atoms with Gasteiger partial charge in [-0.25, -0.2) is 0 Å². The third kappa shape index (κ3) is 3.50. The van der Waals surface area contributed by atoms with Crippen LogP contribution in [0.15, 0.2) is 48.7 Å². The van der Waals surface area contributed by atoms with E-state index in [0.29, 0.717) is 25.3 Å². The maximum absolute atomic E-state index is 13.3. The number of carbonyl (C=O) groups is 1. The predicted octanol–water partition coefficient (Wildman–Crippen LogP) is 4.22. The third-order valence-corrected chi connectivity index (χ3v) is 5.66. The van der Waals surface area contributed by atoms with Crippen molar-refractivity contribution in [1.82, 2.24) is 14.7 Å². The van der Waals surface area contributed by atoms with E-state index in [9.17, 15) is 4.79 Å². The minimum absolute atomic E-state index is 0.0367. The second kappa shape index (κ2) is 7.98. The first kappa shape index (κ1) is 19.5. The van der Waals surface area contributed by atoms with E-state index in [1.807, 2.05) is 60.6 Å².